The highest BCUT2D eigenvalue weighted by atomic mass is 79.9. The van der Waals surface area contributed by atoms with Crippen LogP contribution in [0.1, 0.15) is 26.2 Å². The highest BCUT2D eigenvalue weighted by Crippen LogP contribution is 1.97. The third-order valence-corrected chi connectivity index (χ3v) is 1.69. The molecule has 0 aromatic carbocycles. The minimum absolute atomic E-state index is 0. The summed E-state index contributed by atoms with van der Waals surface area (Å²) in [5, 5.41) is 11.6. The largest absolute Gasteiger partial charge is 0.480 e. The van der Waals surface area contributed by atoms with Crippen molar-refractivity contribution < 1.29 is 9.90 Å². The number of hydrogen-bond donors (Lipinski definition) is 3. The van der Waals surface area contributed by atoms with Crippen LogP contribution in [0.3, 0.4) is 0 Å². The van der Waals surface area contributed by atoms with Crippen molar-refractivity contribution in [3.05, 3.63) is 0 Å². The highest BCUT2D eigenvalue weighted by molar-refractivity contribution is 8.93. The van der Waals surface area contributed by atoms with E-state index in [1.165, 1.54) is 0 Å². The van der Waals surface area contributed by atoms with E-state index in [1.807, 2.05) is 6.92 Å². The number of nitrogens with one attached hydrogen (secondary N) is 1. The maximum atomic E-state index is 10.3. The van der Waals surface area contributed by atoms with Crippen LogP contribution in [-0.4, -0.2) is 30.2 Å². The zero-order chi connectivity index (χ0) is 9.40. The smallest absolute Gasteiger partial charge is 0.320 e. The molecule has 0 amide bonds. The van der Waals surface area contributed by atoms with Crippen molar-refractivity contribution in [2.75, 3.05) is 13.1 Å². The summed E-state index contributed by atoms with van der Waals surface area (Å²) < 4.78 is 0. The van der Waals surface area contributed by atoms with E-state index in [0.717, 1.165) is 25.9 Å². The molecule has 0 spiro atoms. The Morgan fingerprint density at radius 3 is 2.62 bits per heavy atom. The number of nitrogens with two attached hydrogens (primary N) is 1. The maximum absolute atomic E-state index is 10.3. The van der Waals surface area contributed by atoms with Gasteiger partial charge in [-0.2, -0.15) is 0 Å². The van der Waals surface area contributed by atoms with E-state index in [1.54, 1.807) is 0 Å². The van der Waals surface area contributed by atoms with Gasteiger partial charge < -0.3 is 16.2 Å². The molecular formula is C8H19BrN2O2. The number of hydrogen-bond acceptors (Lipinski definition) is 3. The standard InChI is InChI=1S/C8H18N2O2.BrH/c1-2-10-6-4-3-5-7(9)8(11)12;/h7,10H,2-6,9H2,1H3,(H,11,12);1H. The number of carboxylic acid groups (broad SMARTS) is 1. The molecular weight excluding hydrogens is 236 g/mol. The molecule has 0 fully saturated rings. The monoisotopic (exact) mass is 254 g/mol. The molecule has 0 aliphatic heterocycles. The van der Waals surface area contributed by atoms with Crippen LogP contribution in [0.25, 0.3) is 0 Å². The molecule has 0 rings (SSSR count). The fraction of sp³-hybridized carbons (Fsp3) is 0.875. The number of rotatable bonds is 7. The Bertz CT molecular complexity index is 133. The topological polar surface area (TPSA) is 75.3 Å². The second kappa shape index (κ2) is 9.95. The fourth-order valence-electron chi connectivity index (χ4n) is 0.915. The van der Waals surface area contributed by atoms with Gasteiger partial charge in [0.05, 0.1) is 0 Å². The molecule has 0 bridgehead atoms. The number of aliphatic carboxylic acids is 1. The normalized spacial score (nSPS) is 11.8. The summed E-state index contributed by atoms with van der Waals surface area (Å²) in [7, 11) is 0. The summed E-state index contributed by atoms with van der Waals surface area (Å²) >= 11 is 0. The summed E-state index contributed by atoms with van der Waals surface area (Å²) in [4.78, 5) is 10.3. The van der Waals surface area contributed by atoms with Crippen molar-refractivity contribution in [1.29, 1.82) is 0 Å². The van der Waals surface area contributed by atoms with Crippen LogP contribution in [-0.2, 0) is 4.79 Å². The molecule has 4 nitrogen and oxygen atoms in total. The van der Waals surface area contributed by atoms with Crippen LogP contribution in [0.2, 0.25) is 0 Å². The van der Waals surface area contributed by atoms with Gasteiger partial charge in [0.25, 0.3) is 0 Å². The van der Waals surface area contributed by atoms with Gasteiger partial charge in [-0.25, -0.2) is 0 Å². The molecule has 0 radical (unpaired) electrons. The summed E-state index contributed by atoms with van der Waals surface area (Å²) in [6.45, 7) is 3.96. The third kappa shape index (κ3) is 9.79. The van der Waals surface area contributed by atoms with Crippen molar-refractivity contribution in [2.45, 2.75) is 32.2 Å². The zero-order valence-corrected chi connectivity index (χ0v) is 9.67. The van der Waals surface area contributed by atoms with Crippen LogP contribution in [0, 0.1) is 0 Å². The Morgan fingerprint density at radius 2 is 2.15 bits per heavy atom. The van der Waals surface area contributed by atoms with E-state index < -0.39 is 12.0 Å². The Kier molecular flexibility index (Phi) is 11.8. The first-order valence-electron chi connectivity index (χ1n) is 4.37. The summed E-state index contributed by atoms with van der Waals surface area (Å²) in [6, 6.07) is -0.688. The number of carbonyl (C=O) groups is 1. The van der Waals surface area contributed by atoms with Crippen LogP contribution < -0.4 is 11.1 Å². The van der Waals surface area contributed by atoms with E-state index in [-0.39, 0.29) is 17.0 Å². The van der Waals surface area contributed by atoms with E-state index in [2.05, 4.69) is 5.32 Å². The van der Waals surface area contributed by atoms with Gasteiger partial charge in [0, 0.05) is 0 Å². The lowest BCUT2D eigenvalue weighted by atomic mass is 10.1. The summed E-state index contributed by atoms with van der Waals surface area (Å²) in [5.41, 5.74) is 5.31. The first kappa shape index (κ1) is 15.3. The predicted octanol–water partition coefficient (Wildman–Crippen LogP) is 0.756. The lowest BCUT2D eigenvalue weighted by Gasteiger charge is -2.05. The Balaban J connectivity index is 0. The van der Waals surface area contributed by atoms with E-state index in [0.29, 0.717) is 6.42 Å². The van der Waals surface area contributed by atoms with E-state index in [4.69, 9.17) is 10.8 Å². The maximum Gasteiger partial charge on any atom is 0.320 e. The summed E-state index contributed by atoms with van der Waals surface area (Å²) in [5.74, 6) is -0.904. The van der Waals surface area contributed by atoms with Crippen LogP contribution in [0.5, 0.6) is 0 Å². The lowest BCUT2D eigenvalue weighted by Crippen LogP contribution is -2.30. The molecule has 0 aliphatic rings. The van der Waals surface area contributed by atoms with Crippen molar-refractivity contribution in [3.8, 4) is 0 Å². The lowest BCUT2D eigenvalue weighted by molar-refractivity contribution is -0.138. The molecule has 0 aromatic heterocycles. The molecule has 0 saturated heterocycles. The van der Waals surface area contributed by atoms with Crippen LogP contribution in [0.4, 0.5) is 0 Å². The summed E-state index contributed by atoms with van der Waals surface area (Å²) in [6.07, 6.45) is 2.44. The SMILES string of the molecule is Br.CCNCCCCC(N)C(=O)O. The Hall–Kier alpha value is -0.130. The molecule has 13 heavy (non-hydrogen) atoms. The average molecular weight is 255 g/mol. The first-order valence-corrected chi connectivity index (χ1v) is 4.37. The number of halogens is 1. The third-order valence-electron chi connectivity index (χ3n) is 1.69. The van der Waals surface area contributed by atoms with Crippen molar-refractivity contribution in [2.24, 2.45) is 5.73 Å². The van der Waals surface area contributed by atoms with Gasteiger partial charge in [-0.3, -0.25) is 4.79 Å². The Morgan fingerprint density at radius 1 is 1.54 bits per heavy atom. The zero-order valence-electron chi connectivity index (χ0n) is 7.95. The minimum atomic E-state index is -0.904. The number of unbranched alkanes of at least 4 members (excludes halogenated alkanes) is 1. The van der Waals surface area contributed by atoms with E-state index in [9.17, 15) is 4.79 Å². The predicted molar refractivity (Wildman–Crippen MR) is 58.3 cm³/mol. The molecule has 80 valence electrons. The minimum Gasteiger partial charge on any atom is -0.480 e. The molecule has 4 N–H and O–H groups in total. The van der Waals surface area contributed by atoms with Crippen molar-refractivity contribution in [3.63, 3.8) is 0 Å². The quantitative estimate of drug-likeness (QED) is 0.587. The average Bonchev–Trinajstić information content (AvgIpc) is 2.03. The van der Waals surface area contributed by atoms with Gasteiger partial charge in [0.1, 0.15) is 6.04 Å². The van der Waals surface area contributed by atoms with Gasteiger partial charge in [-0.15, -0.1) is 17.0 Å². The molecule has 1 atom stereocenters. The van der Waals surface area contributed by atoms with Crippen LogP contribution in [0.15, 0.2) is 0 Å². The molecule has 5 heteroatoms. The van der Waals surface area contributed by atoms with Gasteiger partial charge in [0.2, 0.25) is 0 Å². The molecule has 0 heterocycles. The molecule has 1 unspecified atom stereocenters. The highest BCUT2D eigenvalue weighted by Gasteiger charge is 2.09. The second-order valence-corrected chi connectivity index (χ2v) is 2.79. The molecule has 0 aromatic rings. The van der Waals surface area contributed by atoms with Crippen LogP contribution >= 0.6 is 17.0 Å². The van der Waals surface area contributed by atoms with Gasteiger partial charge in [-0.1, -0.05) is 13.3 Å². The Labute approximate surface area is 89.7 Å². The van der Waals surface area contributed by atoms with Crippen molar-refractivity contribution in [1.82, 2.24) is 5.32 Å². The van der Waals surface area contributed by atoms with E-state index >= 15 is 0 Å². The van der Waals surface area contributed by atoms with Crippen molar-refractivity contribution >= 4 is 23.0 Å². The van der Waals surface area contributed by atoms with Gasteiger partial charge in [-0.05, 0) is 25.9 Å². The van der Waals surface area contributed by atoms with Gasteiger partial charge >= 0.3 is 5.97 Å². The van der Waals surface area contributed by atoms with Gasteiger partial charge in [0.15, 0.2) is 0 Å². The fourth-order valence-corrected chi connectivity index (χ4v) is 0.915. The molecule has 0 aliphatic carbocycles. The molecule has 0 saturated carbocycles. The number of carboxylic acids is 1. The second-order valence-electron chi connectivity index (χ2n) is 2.79. The first-order chi connectivity index (χ1) is 5.68.